The van der Waals surface area contributed by atoms with Gasteiger partial charge in [0.25, 0.3) is 5.91 Å². The zero-order valence-electron chi connectivity index (χ0n) is 13.3. The number of nitrogens with zero attached hydrogens (tertiary/aromatic N) is 2. The summed E-state index contributed by atoms with van der Waals surface area (Å²) in [5.41, 5.74) is 3.82. The number of hydrogen-bond acceptors (Lipinski definition) is 5. The lowest BCUT2D eigenvalue weighted by molar-refractivity contribution is -0.117. The maximum absolute atomic E-state index is 12.6. The Morgan fingerprint density at radius 2 is 2.00 bits per heavy atom. The molecule has 1 unspecified atom stereocenters. The summed E-state index contributed by atoms with van der Waals surface area (Å²) in [6.45, 7) is 0.566. The van der Waals surface area contributed by atoms with Gasteiger partial charge in [-0.3, -0.25) is 14.8 Å². The highest BCUT2D eigenvalue weighted by molar-refractivity contribution is 6.01. The van der Waals surface area contributed by atoms with Crippen molar-refractivity contribution in [2.75, 3.05) is 16.8 Å². The summed E-state index contributed by atoms with van der Waals surface area (Å²) in [7, 11) is 0. The molecule has 0 bridgehead atoms. The molecule has 2 amide bonds. The molecule has 2 aromatic rings. The SMILES string of the molecule is N#Cc1cccc(N2CCC(Nc3ccc(C(=O)NO)cc3)C2=O)c1. The summed E-state index contributed by atoms with van der Waals surface area (Å²) in [5, 5.41) is 20.8. The van der Waals surface area contributed by atoms with E-state index in [0.29, 0.717) is 35.5 Å². The lowest BCUT2D eigenvalue weighted by Crippen LogP contribution is -2.33. The molecule has 1 aliphatic rings. The molecule has 0 spiro atoms. The van der Waals surface area contributed by atoms with E-state index >= 15 is 0 Å². The molecule has 0 radical (unpaired) electrons. The van der Waals surface area contributed by atoms with Gasteiger partial charge >= 0.3 is 0 Å². The average molecular weight is 336 g/mol. The van der Waals surface area contributed by atoms with Crippen LogP contribution in [0.1, 0.15) is 22.3 Å². The van der Waals surface area contributed by atoms with E-state index in [9.17, 15) is 9.59 Å². The Balaban J connectivity index is 1.70. The van der Waals surface area contributed by atoms with Gasteiger partial charge in [0.1, 0.15) is 6.04 Å². The van der Waals surface area contributed by atoms with E-state index in [4.69, 9.17) is 10.5 Å². The second-order valence-corrected chi connectivity index (χ2v) is 5.66. The first-order valence-electron chi connectivity index (χ1n) is 7.75. The van der Waals surface area contributed by atoms with Crippen LogP contribution in [0.15, 0.2) is 48.5 Å². The third kappa shape index (κ3) is 3.44. The largest absolute Gasteiger partial charge is 0.374 e. The van der Waals surface area contributed by atoms with Crippen molar-refractivity contribution in [1.29, 1.82) is 5.26 Å². The Labute approximate surface area is 144 Å². The van der Waals surface area contributed by atoms with Crippen LogP contribution in [0.2, 0.25) is 0 Å². The molecule has 126 valence electrons. The fraction of sp³-hybridized carbons (Fsp3) is 0.167. The van der Waals surface area contributed by atoms with Crippen molar-refractivity contribution < 1.29 is 14.8 Å². The van der Waals surface area contributed by atoms with Gasteiger partial charge in [-0.1, -0.05) is 6.07 Å². The highest BCUT2D eigenvalue weighted by Crippen LogP contribution is 2.24. The molecule has 0 aliphatic carbocycles. The van der Waals surface area contributed by atoms with Gasteiger partial charge in [0.05, 0.1) is 11.6 Å². The zero-order chi connectivity index (χ0) is 17.8. The molecule has 3 N–H and O–H groups in total. The highest BCUT2D eigenvalue weighted by atomic mass is 16.5. The van der Waals surface area contributed by atoms with Crippen LogP contribution in [-0.4, -0.2) is 29.6 Å². The molecule has 0 saturated carbocycles. The maximum atomic E-state index is 12.6. The lowest BCUT2D eigenvalue weighted by Gasteiger charge is -2.18. The first kappa shape index (κ1) is 16.5. The molecule has 25 heavy (non-hydrogen) atoms. The smallest absolute Gasteiger partial charge is 0.274 e. The molecule has 1 aliphatic heterocycles. The number of anilines is 2. The van der Waals surface area contributed by atoms with Crippen LogP contribution < -0.4 is 15.7 Å². The number of amides is 2. The van der Waals surface area contributed by atoms with E-state index in [-0.39, 0.29) is 11.9 Å². The van der Waals surface area contributed by atoms with Gasteiger partial charge in [0.2, 0.25) is 5.91 Å². The van der Waals surface area contributed by atoms with Crippen molar-refractivity contribution in [3.63, 3.8) is 0 Å². The average Bonchev–Trinajstić information content (AvgIpc) is 3.02. The van der Waals surface area contributed by atoms with Crippen LogP contribution in [0, 0.1) is 11.3 Å². The van der Waals surface area contributed by atoms with E-state index in [1.807, 2.05) is 6.07 Å². The van der Waals surface area contributed by atoms with Crippen LogP contribution in [0.3, 0.4) is 0 Å². The molecule has 1 atom stereocenters. The second-order valence-electron chi connectivity index (χ2n) is 5.66. The first-order valence-corrected chi connectivity index (χ1v) is 7.75. The normalized spacial score (nSPS) is 16.4. The molecule has 1 heterocycles. The number of benzene rings is 2. The second kappa shape index (κ2) is 7.03. The van der Waals surface area contributed by atoms with E-state index in [2.05, 4.69) is 11.4 Å². The van der Waals surface area contributed by atoms with Crippen LogP contribution in [0.25, 0.3) is 0 Å². The molecule has 1 fully saturated rings. The van der Waals surface area contributed by atoms with Gasteiger partial charge in [-0.25, -0.2) is 5.48 Å². The van der Waals surface area contributed by atoms with Gasteiger partial charge in [0, 0.05) is 23.5 Å². The molecule has 2 aromatic carbocycles. The van der Waals surface area contributed by atoms with Crippen molar-refractivity contribution >= 4 is 23.2 Å². The van der Waals surface area contributed by atoms with Gasteiger partial charge < -0.3 is 10.2 Å². The van der Waals surface area contributed by atoms with Crippen LogP contribution >= 0.6 is 0 Å². The van der Waals surface area contributed by atoms with Crippen molar-refractivity contribution in [2.24, 2.45) is 0 Å². The van der Waals surface area contributed by atoms with Crippen LogP contribution in [-0.2, 0) is 4.79 Å². The van der Waals surface area contributed by atoms with Gasteiger partial charge in [0.15, 0.2) is 0 Å². The van der Waals surface area contributed by atoms with Crippen LogP contribution in [0.4, 0.5) is 11.4 Å². The van der Waals surface area contributed by atoms with Gasteiger partial charge in [-0.05, 0) is 48.9 Å². The molecule has 7 nitrogen and oxygen atoms in total. The predicted molar refractivity (Wildman–Crippen MR) is 91.2 cm³/mol. The maximum Gasteiger partial charge on any atom is 0.274 e. The van der Waals surface area contributed by atoms with E-state index in [1.165, 1.54) is 0 Å². The predicted octanol–water partition coefficient (Wildman–Crippen LogP) is 1.89. The summed E-state index contributed by atoms with van der Waals surface area (Å²) in [5.74, 6) is -0.653. The Kier molecular flexibility index (Phi) is 4.64. The molecular formula is C18H16N4O3. The molecule has 7 heteroatoms. The topological polar surface area (TPSA) is 105 Å². The standard InChI is InChI=1S/C18H16N4O3/c19-11-12-2-1-3-15(10-12)22-9-8-16(18(22)24)20-14-6-4-13(5-7-14)17(23)21-25/h1-7,10,16,20,25H,8-9H2,(H,21,23). The molecule has 1 saturated heterocycles. The lowest BCUT2D eigenvalue weighted by atomic mass is 10.1. The number of nitrogens with one attached hydrogen (secondary N) is 2. The molecule has 3 rings (SSSR count). The summed E-state index contributed by atoms with van der Waals surface area (Å²) in [6, 6.07) is 15.1. The highest BCUT2D eigenvalue weighted by Gasteiger charge is 2.32. The quantitative estimate of drug-likeness (QED) is 0.584. The third-order valence-corrected chi connectivity index (χ3v) is 4.08. The summed E-state index contributed by atoms with van der Waals surface area (Å²) in [6.07, 6.45) is 0.633. The van der Waals surface area contributed by atoms with E-state index in [0.717, 1.165) is 0 Å². The van der Waals surface area contributed by atoms with Crippen molar-refractivity contribution in [1.82, 2.24) is 5.48 Å². The minimum atomic E-state index is -0.591. The Morgan fingerprint density at radius 1 is 1.24 bits per heavy atom. The number of carbonyl (C=O) groups excluding carboxylic acids is 2. The summed E-state index contributed by atoms with van der Waals surface area (Å²) in [4.78, 5) is 25.6. The number of nitriles is 1. The van der Waals surface area contributed by atoms with E-state index in [1.54, 1.807) is 52.8 Å². The first-order chi connectivity index (χ1) is 12.1. The summed E-state index contributed by atoms with van der Waals surface area (Å²) < 4.78 is 0. The monoisotopic (exact) mass is 336 g/mol. The Morgan fingerprint density at radius 3 is 2.68 bits per heavy atom. The fourth-order valence-electron chi connectivity index (χ4n) is 2.80. The van der Waals surface area contributed by atoms with Gasteiger partial charge in [-0.2, -0.15) is 5.26 Å². The third-order valence-electron chi connectivity index (χ3n) is 4.08. The zero-order valence-corrected chi connectivity index (χ0v) is 13.3. The number of rotatable bonds is 4. The van der Waals surface area contributed by atoms with Crippen LogP contribution in [0.5, 0.6) is 0 Å². The minimum absolute atomic E-state index is 0.0627. The van der Waals surface area contributed by atoms with Crippen molar-refractivity contribution in [3.05, 3.63) is 59.7 Å². The number of hydroxylamine groups is 1. The van der Waals surface area contributed by atoms with E-state index < -0.39 is 5.91 Å². The number of hydrogen-bond donors (Lipinski definition) is 3. The van der Waals surface area contributed by atoms with Crippen molar-refractivity contribution in [2.45, 2.75) is 12.5 Å². The van der Waals surface area contributed by atoms with Crippen molar-refractivity contribution in [3.8, 4) is 6.07 Å². The molecular weight excluding hydrogens is 320 g/mol. The van der Waals surface area contributed by atoms with Gasteiger partial charge in [-0.15, -0.1) is 0 Å². The Hall–Kier alpha value is -3.37. The minimum Gasteiger partial charge on any atom is -0.374 e. The Bertz CT molecular complexity index is 842. The molecule has 0 aromatic heterocycles. The fourth-order valence-corrected chi connectivity index (χ4v) is 2.80. The summed E-state index contributed by atoms with van der Waals surface area (Å²) >= 11 is 0. The number of carbonyl (C=O) groups is 2.